The standard InChI is InChI=1S/C14H23N3O/c1-11(15)14-7-6-13(10-16-14)17(8-9-18)12-4-2-3-5-12/h6-7,10-12,18H,2-5,8-9,15H2,1H3/t11-/m1/s1. The van der Waals surface area contributed by atoms with Crippen LogP contribution in [0, 0.1) is 0 Å². The second-order valence-corrected chi connectivity index (χ2v) is 5.09. The van der Waals surface area contributed by atoms with Crippen LogP contribution in [0.4, 0.5) is 5.69 Å². The van der Waals surface area contributed by atoms with Gasteiger partial charge in [0.1, 0.15) is 0 Å². The number of aliphatic hydroxyl groups excluding tert-OH is 1. The van der Waals surface area contributed by atoms with Crippen LogP contribution in [0.15, 0.2) is 18.3 Å². The van der Waals surface area contributed by atoms with Crippen molar-refractivity contribution in [3.05, 3.63) is 24.0 Å². The molecule has 0 amide bonds. The van der Waals surface area contributed by atoms with E-state index >= 15 is 0 Å². The molecule has 0 radical (unpaired) electrons. The van der Waals surface area contributed by atoms with Gasteiger partial charge in [-0.3, -0.25) is 4.98 Å². The first-order valence-corrected chi connectivity index (χ1v) is 6.81. The third-order valence-corrected chi connectivity index (χ3v) is 3.68. The minimum Gasteiger partial charge on any atom is -0.395 e. The van der Waals surface area contributed by atoms with Gasteiger partial charge in [-0.1, -0.05) is 12.8 Å². The Bertz CT molecular complexity index is 358. The van der Waals surface area contributed by atoms with Crippen LogP contribution >= 0.6 is 0 Å². The van der Waals surface area contributed by atoms with Gasteiger partial charge in [-0.2, -0.15) is 0 Å². The van der Waals surface area contributed by atoms with E-state index in [1.807, 2.05) is 19.2 Å². The highest BCUT2D eigenvalue weighted by Crippen LogP contribution is 2.27. The lowest BCUT2D eigenvalue weighted by molar-refractivity contribution is 0.297. The van der Waals surface area contributed by atoms with Gasteiger partial charge in [0.2, 0.25) is 0 Å². The molecule has 0 saturated heterocycles. The number of aromatic nitrogens is 1. The summed E-state index contributed by atoms with van der Waals surface area (Å²) in [6, 6.07) is 4.58. The highest BCUT2D eigenvalue weighted by atomic mass is 16.3. The molecule has 3 N–H and O–H groups in total. The summed E-state index contributed by atoms with van der Waals surface area (Å²) in [5.74, 6) is 0. The Kier molecular flexibility index (Phi) is 4.55. The van der Waals surface area contributed by atoms with E-state index in [1.165, 1.54) is 25.7 Å². The molecule has 1 atom stereocenters. The van der Waals surface area contributed by atoms with Crippen LogP contribution < -0.4 is 10.6 Å². The Balaban J connectivity index is 2.14. The number of nitrogens with two attached hydrogens (primary N) is 1. The molecular weight excluding hydrogens is 226 g/mol. The summed E-state index contributed by atoms with van der Waals surface area (Å²) in [5, 5.41) is 9.22. The van der Waals surface area contributed by atoms with E-state index in [0.717, 1.165) is 11.4 Å². The van der Waals surface area contributed by atoms with E-state index in [2.05, 4.69) is 16.0 Å². The van der Waals surface area contributed by atoms with E-state index in [4.69, 9.17) is 5.73 Å². The molecule has 2 rings (SSSR count). The monoisotopic (exact) mass is 249 g/mol. The number of anilines is 1. The topological polar surface area (TPSA) is 62.4 Å². The molecule has 0 unspecified atom stereocenters. The van der Waals surface area contributed by atoms with E-state index in [9.17, 15) is 5.11 Å². The van der Waals surface area contributed by atoms with E-state index in [-0.39, 0.29) is 12.6 Å². The maximum absolute atomic E-state index is 9.22. The lowest BCUT2D eigenvalue weighted by atomic mass is 10.1. The van der Waals surface area contributed by atoms with Gasteiger partial charge < -0.3 is 15.7 Å². The van der Waals surface area contributed by atoms with Gasteiger partial charge in [-0.05, 0) is 31.9 Å². The number of aliphatic hydroxyl groups is 1. The van der Waals surface area contributed by atoms with Crippen molar-refractivity contribution in [3.63, 3.8) is 0 Å². The van der Waals surface area contributed by atoms with Gasteiger partial charge in [0, 0.05) is 18.6 Å². The number of nitrogens with zero attached hydrogens (tertiary/aromatic N) is 2. The fourth-order valence-corrected chi connectivity index (χ4v) is 2.68. The van der Waals surface area contributed by atoms with Crippen molar-refractivity contribution in [2.75, 3.05) is 18.1 Å². The first-order valence-electron chi connectivity index (χ1n) is 6.81. The number of pyridine rings is 1. The van der Waals surface area contributed by atoms with Crippen LogP contribution in [0.5, 0.6) is 0 Å². The van der Waals surface area contributed by atoms with Gasteiger partial charge >= 0.3 is 0 Å². The second-order valence-electron chi connectivity index (χ2n) is 5.09. The van der Waals surface area contributed by atoms with Gasteiger partial charge in [0.25, 0.3) is 0 Å². The molecule has 1 heterocycles. The van der Waals surface area contributed by atoms with Crippen molar-refractivity contribution in [2.45, 2.75) is 44.7 Å². The Morgan fingerprint density at radius 3 is 2.67 bits per heavy atom. The average molecular weight is 249 g/mol. The Morgan fingerprint density at radius 1 is 1.44 bits per heavy atom. The molecule has 1 fully saturated rings. The summed E-state index contributed by atoms with van der Waals surface area (Å²) in [6.07, 6.45) is 6.90. The minimum absolute atomic E-state index is 0.0307. The van der Waals surface area contributed by atoms with Gasteiger partial charge in [0.05, 0.1) is 24.2 Å². The fourth-order valence-electron chi connectivity index (χ4n) is 2.68. The molecule has 1 aromatic heterocycles. The smallest absolute Gasteiger partial charge is 0.0606 e. The SMILES string of the molecule is C[C@@H](N)c1ccc(N(CCO)C2CCCC2)cn1. The second kappa shape index (κ2) is 6.16. The molecular formula is C14H23N3O. The van der Waals surface area contributed by atoms with Crippen molar-refractivity contribution in [3.8, 4) is 0 Å². The van der Waals surface area contributed by atoms with E-state index in [1.54, 1.807) is 0 Å². The molecule has 0 aliphatic heterocycles. The fraction of sp³-hybridized carbons (Fsp3) is 0.643. The lowest BCUT2D eigenvalue weighted by Crippen LogP contribution is -2.35. The quantitative estimate of drug-likeness (QED) is 0.836. The predicted octanol–water partition coefficient (Wildman–Crippen LogP) is 1.84. The maximum Gasteiger partial charge on any atom is 0.0606 e. The summed E-state index contributed by atoms with van der Waals surface area (Å²) in [4.78, 5) is 6.69. The summed E-state index contributed by atoms with van der Waals surface area (Å²) < 4.78 is 0. The Morgan fingerprint density at radius 2 is 2.17 bits per heavy atom. The van der Waals surface area contributed by atoms with Crippen LogP contribution in [0.3, 0.4) is 0 Å². The zero-order valence-electron chi connectivity index (χ0n) is 11.0. The molecule has 1 saturated carbocycles. The molecule has 18 heavy (non-hydrogen) atoms. The summed E-state index contributed by atoms with van der Waals surface area (Å²) in [7, 11) is 0. The normalized spacial score (nSPS) is 17.9. The first-order chi connectivity index (χ1) is 8.72. The molecule has 0 bridgehead atoms. The molecule has 1 aromatic rings. The van der Waals surface area contributed by atoms with Crippen molar-refractivity contribution >= 4 is 5.69 Å². The van der Waals surface area contributed by atoms with Gasteiger partial charge in [-0.25, -0.2) is 0 Å². The number of hydrogen-bond acceptors (Lipinski definition) is 4. The molecule has 1 aliphatic carbocycles. The van der Waals surface area contributed by atoms with E-state index < -0.39 is 0 Å². The van der Waals surface area contributed by atoms with Crippen LogP contribution in [0.25, 0.3) is 0 Å². The molecule has 4 heteroatoms. The molecule has 0 aromatic carbocycles. The average Bonchev–Trinajstić information content (AvgIpc) is 2.90. The third-order valence-electron chi connectivity index (χ3n) is 3.68. The van der Waals surface area contributed by atoms with Crippen molar-refractivity contribution in [1.29, 1.82) is 0 Å². The van der Waals surface area contributed by atoms with Crippen LogP contribution in [0.2, 0.25) is 0 Å². The summed E-state index contributed by atoms with van der Waals surface area (Å²) >= 11 is 0. The van der Waals surface area contributed by atoms with Crippen LogP contribution in [-0.2, 0) is 0 Å². The summed E-state index contributed by atoms with van der Waals surface area (Å²) in [5.41, 5.74) is 7.81. The molecule has 100 valence electrons. The Labute approximate surface area is 109 Å². The van der Waals surface area contributed by atoms with Crippen LogP contribution in [0.1, 0.15) is 44.3 Å². The summed E-state index contributed by atoms with van der Waals surface area (Å²) in [6.45, 7) is 2.81. The van der Waals surface area contributed by atoms with Crippen molar-refractivity contribution in [2.24, 2.45) is 5.73 Å². The molecule has 0 spiro atoms. The maximum atomic E-state index is 9.22. The highest BCUT2D eigenvalue weighted by Gasteiger charge is 2.22. The number of hydrogen-bond donors (Lipinski definition) is 2. The zero-order valence-corrected chi connectivity index (χ0v) is 11.0. The van der Waals surface area contributed by atoms with Crippen molar-refractivity contribution < 1.29 is 5.11 Å². The highest BCUT2D eigenvalue weighted by molar-refractivity contribution is 5.46. The van der Waals surface area contributed by atoms with E-state index in [0.29, 0.717) is 12.6 Å². The van der Waals surface area contributed by atoms with Gasteiger partial charge in [0.15, 0.2) is 0 Å². The molecule has 1 aliphatic rings. The predicted molar refractivity (Wildman–Crippen MR) is 73.5 cm³/mol. The minimum atomic E-state index is -0.0307. The van der Waals surface area contributed by atoms with Crippen LogP contribution in [-0.4, -0.2) is 29.3 Å². The number of rotatable bonds is 5. The molecule has 4 nitrogen and oxygen atoms in total. The Hall–Kier alpha value is -1.13. The van der Waals surface area contributed by atoms with Crippen molar-refractivity contribution in [1.82, 2.24) is 4.98 Å². The van der Waals surface area contributed by atoms with Gasteiger partial charge in [-0.15, -0.1) is 0 Å². The first kappa shape index (κ1) is 13.3. The zero-order chi connectivity index (χ0) is 13.0. The largest absolute Gasteiger partial charge is 0.395 e. The lowest BCUT2D eigenvalue weighted by Gasteiger charge is -2.30. The third kappa shape index (κ3) is 3.00.